The van der Waals surface area contributed by atoms with Crippen LogP contribution >= 0.6 is 0 Å². The molecule has 0 bridgehead atoms. The number of benzene rings is 5. The molecule has 0 aromatic heterocycles. The topological polar surface area (TPSA) is 106 Å². The van der Waals surface area contributed by atoms with Crippen molar-refractivity contribution in [2.75, 3.05) is 6.61 Å². The lowest BCUT2D eigenvalue weighted by Gasteiger charge is -2.46. The molecule has 0 aliphatic carbocycles. The number of hydrogen-bond acceptors (Lipinski definition) is 7. The van der Waals surface area contributed by atoms with Crippen molar-refractivity contribution in [3.05, 3.63) is 179 Å². The number of nitrogens with zero attached hydrogens (tertiary/aromatic N) is 1. The molecule has 2 amide bonds. The van der Waals surface area contributed by atoms with Gasteiger partial charge in [-0.3, -0.25) is 14.5 Å². The average Bonchev–Trinajstić information content (AvgIpc) is 3.40. The summed E-state index contributed by atoms with van der Waals surface area (Å²) in [7, 11) is 0. The summed E-state index contributed by atoms with van der Waals surface area (Å²) in [6, 6.07) is 43.9. The average molecular weight is 642 g/mol. The van der Waals surface area contributed by atoms with Gasteiger partial charge in [0.1, 0.15) is 30.0 Å². The van der Waals surface area contributed by atoms with Crippen molar-refractivity contribution < 1.29 is 34.0 Å². The zero-order valence-electron chi connectivity index (χ0n) is 26.0. The van der Waals surface area contributed by atoms with Crippen molar-refractivity contribution in [3.8, 4) is 0 Å². The van der Waals surface area contributed by atoms with Crippen LogP contribution in [0, 0.1) is 0 Å². The van der Waals surface area contributed by atoms with E-state index < -0.39 is 48.1 Å². The monoisotopic (exact) mass is 641 g/mol. The minimum atomic E-state index is -1.60. The Morgan fingerprint density at radius 1 is 0.604 bits per heavy atom. The Bertz CT molecular complexity index is 1720. The standard InChI is InChI=1S/C40H35NO7/c42-35-33(26-47-40(28-17-7-2-8-18-28,29-19-9-3-10-20-29)30-21-11-4-12-22-30)48-39(46-25-27-15-5-1-6-16-27)34(36(35)43)41-37(44)31-23-13-14-24-32(31)38(41)45/h1-24,33-36,39,42-43H,25-26H2/t33-,34+,35-,36-,39+/m1/s1. The number of aliphatic hydroxyl groups excluding tert-OH is 2. The van der Waals surface area contributed by atoms with Gasteiger partial charge < -0.3 is 24.4 Å². The van der Waals surface area contributed by atoms with Gasteiger partial charge in [0.2, 0.25) is 0 Å². The van der Waals surface area contributed by atoms with E-state index in [1.807, 2.05) is 121 Å². The fraction of sp³-hybridized carbons (Fsp3) is 0.200. The molecule has 5 aromatic rings. The molecule has 1 fully saturated rings. The number of aliphatic hydroxyl groups is 2. The molecule has 8 nitrogen and oxygen atoms in total. The molecule has 2 N–H and O–H groups in total. The van der Waals surface area contributed by atoms with Crippen LogP contribution in [-0.4, -0.2) is 64.2 Å². The van der Waals surface area contributed by atoms with Gasteiger partial charge in [0.05, 0.1) is 24.3 Å². The lowest BCUT2D eigenvalue weighted by atomic mass is 9.80. The van der Waals surface area contributed by atoms with Crippen LogP contribution in [-0.2, 0) is 26.4 Å². The van der Waals surface area contributed by atoms with Gasteiger partial charge in [-0.05, 0) is 34.4 Å². The first-order chi connectivity index (χ1) is 23.5. The highest BCUT2D eigenvalue weighted by Crippen LogP contribution is 2.41. The smallest absolute Gasteiger partial charge is 0.262 e. The van der Waals surface area contributed by atoms with Gasteiger partial charge >= 0.3 is 0 Å². The van der Waals surface area contributed by atoms with Crippen molar-refractivity contribution in [3.63, 3.8) is 0 Å². The summed E-state index contributed by atoms with van der Waals surface area (Å²) < 4.78 is 19.6. The Morgan fingerprint density at radius 2 is 1.04 bits per heavy atom. The molecule has 0 unspecified atom stereocenters. The third-order valence-corrected chi connectivity index (χ3v) is 9.05. The number of carbonyl (C=O) groups excluding carboxylic acids is 2. The predicted molar refractivity (Wildman–Crippen MR) is 178 cm³/mol. The summed E-state index contributed by atoms with van der Waals surface area (Å²) in [5.41, 5.74) is 2.71. The molecule has 5 aromatic carbocycles. The van der Waals surface area contributed by atoms with E-state index in [0.717, 1.165) is 27.2 Å². The molecule has 2 heterocycles. The second-order valence-corrected chi connectivity index (χ2v) is 11.9. The van der Waals surface area contributed by atoms with Crippen molar-refractivity contribution in [1.82, 2.24) is 4.90 Å². The van der Waals surface area contributed by atoms with Gasteiger partial charge in [-0.2, -0.15) is 0 Å². The summed E-state index contributed by atoms with van der Waals surface area (Å²) in [6.07, 6.45) is -5.51. The van der Waals surface area contributed by atoms with Gasteiger partial charge in [-0.1, -0.05) is 133 Å². The number of rotatable bonds is 10. The molecule has 242 valence electrons. The Hall–Kier alpha value is -4.96. The summed E-state index contributed by atoms with van der Waals surface area (Å²) in [5, 5.41) is 23.3. The lowest BCUT2D eigenvalue weighted by Crippen LogP contribution is -2.66. The molecule has 5 atom stereocenters. The molecule has 48 heavy (non-hydrogen) atoms. The maximum Gasteiger partial charge on any atom is 0.262 e. The van der Waals surface area contributed by atoms with E-state index in [9.17, 15) is 19.8 Å². The minimum absolute atomic E-state index is 0.0730. The summed E-state index contributed by atoms with van der Waals surface area (Å²) >= 11 is 0. The van der Waals surface area contributed by atoms with Crippen molar-refractivity contribution in [2.24, 2.45) is 0 Å². The molecule has 7 rings (SSSR count). The molecular formula is C40H35NO7. The van der Waals surface area contributed by atoms with Crippen LogP contribution in [0.3, 0.4) is 0 Å². The second-order valence-electron chi connectivity index (χ2n) is 11.9. The van der Waals surface area contributed by atoms with E-state index in [2.05, 4.69) is 0 Å². The maximum atomic E-state index is 13.6. The van der Waals surface area contributed by atoms with Gasteiger partial charge in [0.25, 0.3) is 11.8 Å². The summed E-state index contributed by atoms with van der Waals surface area (Å²) in [6.45, 7) is -0.0967. The van der Waals surface area contributed by atoms with Crippen molar-refractivity contribution in [1.29, 1.82) is 0 Å². The van der Waals surface area contributed by atoms with Crippen molar-refractivity contribution in [2.45, 2.75) is 42.9 Å². The van der Waals surface area contributed by atoms with E-state index in [0.29, 0.717) is 0 Å². The number of ether oxygens (including phenoxy) is 3. The van der Waals surface area contributed by atoms with Crippen molar-refractivity contribution >= 4 is 11.8 Å². The molecule has 2 aliphatic rings. The largest absolute Gasteiger partial charge is 0.388 e. The van der Waals surface area contributed by atoms with Gasteiger partial charge in [0, 0.05) is 0 Å². The Morgan fingerprint density at radius 3 is 1.52 bits per heavy atom. The van der Waals surface area contributed by atoms with Gasteiger partial charge in [0.15, 0.2) is 6.29 Å². The van der Waals surface area contributed by atoms with E-state index in [-0.39, 0.29) is 24.3 Å². The van der Waals surface area contributed by atoms with Crippen LogP contribution in [0.25, 0.3) is 0 Å². The number of hydrogen-bond donors (Lipinski definition) is 2. The van der Waals surface area contributed by atoms with E-state index in [4.69, 9.17) is 14.2 Å². The van der Waals surface area contributed by atoms with Crippen LogP contribution in [0.5, 0.6) is 0 Å². The molecule has 1 saturated heterocycles. The number of carbonyl (C=O) groups is 2. The fourth-order valence-electron chi connectivity index (χ4n) is 6.67. The van der Waals surface area contributed by atoms with E-state index in [1.54, 1.807) is 24.3 Å². The predicted octanol–water partition coefficient (Wildman–Crippen LogP) is 5.32. The molecule has 0 saturated carbocycles. The Kier molecular flexibility index (Phi) is 8.99. The maximum absolute atomic E-state index is 13.6. The fourth-order valence-corrected chi connectivity index (χ4v) is 6.67. The zero-order chi connectivity index (χ0) is 33.1. The van der Waals surface area contributed by atoms with Crippen LogP contribution in [0.4, 0.5) is 0 Å². The number of fused-ring (bicyclic) bond motifs is 1. The van der Waals surface area contributed by atoms with Gasteiger partial charge in [-0.25, -0.2) is 0 Å². The van der Waals surface area contributed by atoms with Crippen LogP contribution in [0.2, 0.25) is 0 Å². The van der Waals surface area contributed by atoms with E-state index >= 15 is 0 Å². The zero-order valence-corrected chi connectivity index (χ0v) is 26.0. The molecule has 0 radical (unpaired) electrons. The van der Waals surface area contributed by atoms with Crippen LogP contribution in [0.1, 0.15) is 43.0 Å². The quantitative estimate of drug-likeness (QED) is 0.157. The Balaban J connectivity index is 1.24. The van der Waals surface area contributed by atoms with Crippen LogP contribution < -0.4 is 0 Å². The molecule has 8 heteroatoms. The first-order valence-electron chi connectivity index (χ1n) is 15.9. The highest BCUT2D eigenvalue weighted by atomic mass is 16.7. The molecular weight excluding hydrogens is 606 g/mol. The number of imide groups is 1. The number of amides is 2. The first kappa shape index (κ1) is 31.6. The Labute approximate surface area is 278 Å². The summed E-state index contributed by atoms with van der Waals surface area (Å²) in [4.78, 5) is 28.1. The van der Waals surface area contributed by atoms with Gasteiger partial charge in [-0.15, -0.1) is 0 Å². The third-order valence-electron chi connectivity index (χ3n) is 9.05. The normalized spacial score (nSPS) is 22.5. The third kappa shape index (κ3) is 5.74. The first-order valence-corrected chi connectivity index (χ1v) is 15.9. The summed E-state index contributed by atoms with van der Waals surface area (Å²) in [5.74, 6) is -1.18. The second kappa shape index (κ2) is 13.6. The lowest BCUT2D eigenvalue weighted by molar-refractivity contribution is -0.288. The molecule has 2 aliphatic heterocycles. The van der Waals surface area contributed by atoms with E-state index in [1.165, 1.54) is 0 Å². The minimum Gasteiger partial charge on any atom is -0.388 e. The SMILES string of the molecule is O=C1c2ccccc2C(=O)N1[C@@H]1[C@@H](OCc2ccccc2)O[C@H](COC(c2ccccc2)(c2ccccc2)c2ccccc2)[C@@H](O)[C@@H]1O. The highest BCUT2D eigenvalue weighted by molar-refractivity contribution is 6.21. The highest BCUT2D eigenvalue weighted by Gasteiger charge is 2.54. The molecule has 0 spiro atoms. The van der Waals surface area contributed by atoms with Crippen LogP contribution in [0.15, 0.2) is 146 Å².